The molecule has 3 heteroatoms. The minimum atomic E-state index is 0. The Balaban J connectivity index is 0.000000490. The predicted molar refractivity (Wildman–Crippen MR) is 41.1 cm³/mol. The van der Waals surface area contributed by atoms with Crippen LogP contribution in [0.3, 0.4) is 0 Å². The van der Waals surface area contributed by atoms with Crippen molar-refractivity contribution < 1.29 is 0 Å². The van der Waals surface area contributed by atoms with Gasteiger partial charge in [-0.1, -0.05) is 6.42 Å². The van der Waals surface area contributed by atoms with Crippen molar-refractivity contribution in [1.82, 2.24) is 4.81 Å². The van der Waals surface area contributed by atoms with Gasteiger partial charge in [-0.2, -0.15) is 0 Å². The van der Waals surface area contributed by atoms with E-state index in [0.717, 1.165) is 0 Å². The third kappa shape index (κ3) is 2.82. The predicted octanol–water partition coefficient (Wildman–Crippen LogP) is -0.628. The topological polar surface area (TPSA) is 3.24 Å². The summed E-state index contributed by atoms with van der Waals surface area (Å²) >= 11 is 0. The van der Waals surface area contributed by atoms with Crippen LogP contribution in [0.5, 0.6) is 0 Å². The molecule has 1 fully saturated rings. The van der Waals surface area contributed by atoms with Crippen LogP contribution < -0.4 is 0 Å². The van der Waals surface area contributed by atoms with Crippen molar-refractivity contribution in [3.05, 3.63) is 0 Å². The minimum absolute atomic E-state index is 0. The molecule has 0 atom stereocenters. The fourth-order valence-electron chi connectivity index (χ4n) is 1.05. The van der Waals surface area contributed by atoms with Crippen LogP contribution in [-0.2, 0) is 0 Å². The van der Waals surface area contributed by atoms with Gasteiger partial charge >= 0.3 is 18.9 Å². The summed E-state index contributed by atoms with van der Waals surface area (Å²) < 4.78 is 0. The quantitative estimate of drug-likeness (QED) is 0.371. The van der Waals surface area contributed by atoms with Crippen molar-refractivity contribution in [3.63, 3.8) is 0 Å². The molecular weight excluding hydrogens is 91.8 g/mol. The van der Waals surface area contributed by atoms with Crippen LogP contribution in [0.4, 0.5) is 0 Å². The summed E-state index contributed by atoms with van der Waals surface area (Å²) in [6, 6.07) is 0. The molecule has 1 saturated heterocycles. The van der Waals surface area contributed by atoms with E-state index in [9.17, 15) is 0 Å². The standard InChI is InChI=1S/C5H12BN.Li.H/c6-7-4-2-1-3-5-7;;/h1-6H2;;. The van der Waals surface area contributed by atoms with Crippen LogP contribution in [0.1, 0.15) is 19.3 Å². The number of hydrogen-bond donors (Lipinski definition) is 0. The average Bonchev–Trinajstić information content (AvgIpc) is 1.69. The van der Waals surface area contributed by atoms with Gasteiger partial charge in [0.2, 0.25) is 0 Å². The van der Waals surface area contributed by atoms with Crippen molar-refractivity contribution >= 4 is 26.8 Å². The Bertz CT molecular complexity index is 54.4. The zero-order chi connectivity index (χ0) is 5.11. The van der Waals surface area contributed by atoms with Gasteiger partial charge in [-0.05, 0) is 25.9 Å². The van der Waals surface area contributed by atoms with Gasteiger partial charge in [-0.25, -0.2) is 0 Å². The molecule has 1 aliphatic heterocycles. The average molecular weight is 105 g/mol. The Labute approximate surface area is 64.4 Å². The Morgan fingerprint density at radius 2 is 1.50 bits per heavy atom. The summed E-state index contributed by atoms with van der Waals surface area (Å²) in [6.07, 6.45) is 4.28. The first-order valence-electron chi connectivity index (χ1n) is 3.08. The van der Waals surface area contributed by atoms with Gasteiger partial charge in [0.15, 0.2) is 7.98 Å². The zero-order valence-corrected chi connectivity index (χ0v) is 4.98. The molecule has 1 aliphatic rings. The van der Waals surface area contributed by atoms with E-state index in [-0.39, 0.29) is 18.9 Å². The zero-order valence-electron chi connectivity index (χ0n) is 4.98. The number of hydrogen-bond acceptors (Lipinski definition) is 1. The Kier molecular flexibility index (Phi) is 4.85. The molecule has 0 unspecified atom stereocenters. The van der Waals surface area contributed by atoms with Gasteiger partial charge in [0, 0.05) is 0 Å². The summed E-state index contributed by atoms with van der Waals surface area (Å²) in [6.45, 7) is 2.64. The fourth-order valence-corrected chi connectivity index (χ4v) is 1.05. The number of piperidine rings is 1. The molecule has 0 aromatic rings. The molecule has 42 valence electrons. The molecule has 0 radical (unpaired) electrons. The van der Waals surface area contributed by atoms with E-state index in [1.54, 1.807) is 0 Å². The summed E-state index contributed by atoms with van der Waals surface area (Å²) in [5.41, 5.74) is 0. The molecule has 0 aromatic carbocycles. The SMILES string of the molecule is BN1CCCCC1.[LiH]. The number of rotatable bonds is 0. The van der Waals surface area contributed by atoms with Gasteiger partial charge < -0.3 is 4.81 Å². The summed E-state index contributed by atoms with van der Waals surface area (Å²) in [5, 5.41) is 0. The molecule has 0 N–H and O–H groups in total. The summed E-state index contributed by atoms with van der Waals surface area (Å²) in [7, 11) is 2.19. The molecule has 1 rings (SSSR count). The third-order valence-electron chi connectivity index (χ3n) is 1.58. The molecule has 0 spiro atoms. The van der Waals surface area contributed by atoms with E-state index >= 15 is 0 Å². The Hall–Kier alpha value is 0.622. The van der Waals surface area contributed by atoms with Gasteiger partial charge in [-0.15, -0.1) is 0 Å². The van der Waals surface area contributed by atoms with E-state index < -0.39 is 0 Å². The second kappa shape index (κ2) is 4.50. The van der Waals surface area contributed by atoms with Crippen LogP contribution in [0.25, 0.3) is 0 Å². The first-order valence-corrected chi connectivity index (χ1v) is 3.08. The molecule has 1 heterocycles. The maximum atomic E-state index is 2.39. The van der Waals surface area contributed by atoms with E-state index in [1.165, 1.54) is 32.4 Å². The summed E-state index contributed by atoms with van der Waals surface area (Å²) in [5.74, 6) is 0. The van der Waals surface area contributed by atoms with Gasteiger partial charge in [0.25, 0.3) is 0 Å². The van der Waals surface area contributed by atoms with Gasteiger partial charge in [0.05, 0.1) is 0 Å². The normalized spacial score (nSPS) is 22.0. The monoisotopic (exact) mass is 105 g/mol. The van der Waals surface area contributed by atoms with Crippen molar-refractivity contribution in [2.45, 2.75) is 19.3 Å². The van der Waals surface area contributed by atoms with E-state index in [2.05, 4.69) is 12.8 Å². The van der Waals surface area contributed by atoms with Crippen LogP contribution in [0.15, 0.2) is 0 Å². The maximum absolute atomic E-state index is 2.39. The molecule has 0 saturated carbocycles. The van der Waals surface area contributed by atoms with Crippen molar-refractivity contribution in [2.75, 3.05) is 13.1 Å². The van der Waals surface area contributed by atoms with Crippen molar-refractivity contribution in [3.8, 4) is 0 Å². The van der Waals surface area contributed by atoms with Gasteiger partial charge in [-0.3, -0.25) is 0 Å². The second-order valence-electron chi connectivity index (χ2n) is 2.36. The Morgan fingerprint density at radius 3 is 1.75 bits per heavy atom. The van der Waals surface area contributed by atoms with E-state index in [4.69, 9.17) is 0 Å². The fraction of sp³-hybridized carbons (Fsp3) is 1.00. The molecule has 0 aliphatic carbocycles. The molecule has 0 aromatic heterocycles. The molecule has 0 amide bonds. The van der Waals surface area contributed by atoms with Crippen LogP contribution >= 0.6 is 0 Å². The molecule has 0 bridgehead atoms. The summed E-state index contributed by atoms with van der Waals surface area (Å²) in [4.78, 5) is 2.39. The van der Waals surface area contributed by atoms with E-state index in [0.29, 0.717) is 0 Å². The van der Waals surface area contributed by atoms with Crippen LogP contribution in [0, 0.1) is 0 Å². The third-order valence-corrected chi connectivity index (χ3v) is 1.58. The molecule has 8 heavy (non-hydrogen) atoms. The second-order valence-corrected chi connectivity index (χ2v) is 2.36. The Morgan fingerprint density at radius 1 is 1.00 bits per heavy atom. The molecule has 1 nitrogen and oxygen atoms in total. The van der Waals surface area contributed by atoms with Crippen molar-refractivity contribution in [1.29, 1.82) is 0 Å². The van der Waals surface area contributed by atoms with Gasteiger partial charge in [0.1, 0.15) is 0 Å². The van der Waals surface area contributed by atoms with Crippen LogP contribution in [0.2, 0.25) is 0 Å². The van der Waals surface area contributed by atoms with Crippen molar-refractivity contribution in [2.24, 2.45) is 0 Å². The first kappa shape index (κ1) is 8.62. The first-order chi connectivity index (χ1) is 3.39. The van der Waals surface area contributed by atoms with E-state index in [1.807, 2.05) is 0 Å². The van der Waals surface area contributed by atoms with Crippen LogP contribution in [-0.4, -0.2) is 44.7 Å². The molecular formula is C5H13BLiN. The number of nitrogens with zero attached hydrogens (tertiary/aromatic N) is 1.